The Balaban J connectivity index is 0.986. The van der Waals surface area contributed by atoms with Gasteiger partial charge in [0.05, 0.1) is 11.8 Å². The Morgan fingerprint density at radius 1 is 1.14 bits per heavy atom. The highest BCUT2D eigenvalue weighted by Crippen LogP contribution is 2.46. The van der Waals surface area contributed by atoms with Crippen LogP contribution in [0.15, 0.2) is 48.9 Å². The molecule has 0 bridgehead atoms. The summed E-state index contributed by atoms with van der Waals surface area (Å²) in [4.78, 5) is 27.3. The molecule has 1 aliphatic heterocycles. The lowest BCUT2D eigenvalue weighted by Crippen LogP contribution is -2.52. The number of hydrogen-bond acceptors (Lipinski definition) is 7. The molecule has 9 nitrogen and oxygen atoms in total. The van der Waals surface area contributed by atoms with Crippen LogP contribution in [0.3, 0.4) is 0 Å². The van der Waals surface area contributed by atoms with Crippen LogP contribution >= 0.6 is 11.3 Å². The minimum Gasteiger partial charge on any atom is -0.367 e. The summed E-state index contributed by atoms with van der Waals surface area (Å²) in [5.41, 5.74) is 4.71. The topological polar surface area (TPSA) is 115 Å². The van der Waals surface area contributed by atoms with Gasteiger partial charge in [-0.3, -0.25) is 9.69 Å². The minimum absolute atomic E-state index is 0.0164. The van der Waals surface area contributed by atoms with Crippen LogP contribution in [0.4, 0.5) is 19.0 Å². The second kappa shape index (κ2) is 13.1. The SMILES string of the molecule is CCC1(Cn2c(C#N)cc3c(C)c(CN4CCC(Nc5ncnc6sc(CC(F)(F)F)cc56)CC4)ccc32)CC(NC(=O)c2ccc[nH]2)C1. The Morgan fingerprint density at radius 3 is 2.63 bits per heavy atom. The number of piperidine rings is 1. The number of nitrogens with zero attached hydrogens (tertiary/aromatic N) is 5. The number of thiophene rings is 1. The number of aryl methyl sites for hydroxylation is 1. The van der Waals surface area contributed by atoms with Crippen molar-refractivity contribution in [3.05, 3.63) is 76.3 Å². The van der Waals surface area contributed by atoms with Gasteiger partial charge in [-0.25, -0.2) is 9.97 Å². The first-order valence-electron chi connectivity index (χ1n) is 16.8. The van der Waals surface area contributed by atoms with Gasteiger partial charge in [-0.1, -0.05) is 13.0 Å². The number of fused-ring (bicyclic) bond motifs is 2. The quantitative estimate of drug-likeness (QED) is 0.142. The number of halogens is 3. The number of nitriles is 1. The van der Waals surface area contributed by atoms with Gasteiger partial charge in [-0.15, -0.1) is 11.3 Å². The average molecular weight is 689 g/mol. The molecule has 49 heavy (non-hydrogen) atoms. The van der Waals surface area contributed by atoms with Crippen molar-refractivity contribution in [2.75, 3.05) is 18.4 Å². The van der Waals surface area contributed by atoms with Crippen LogP contribution in [-0.4, -0.2) is 61.7 Å². The molecule has 0 radical (unpaired) electrons. The largest absolute Gasteiger partial charge is 0.393 e. The predicted molar refractivity (Wildman–Crippen MR) is 184 cm³/mol. The third-order valence-electron chi connectivity index (χ3n) is 10.4. The van der Waals surface area contributed by atoms with E-state index in [2.05, 4.69) is 67.1 Å². The smallest absolute Gasteiger partial charge is 0.367 e. The van der Waals surface area contributed by atoms with Gasteiger partial charge in [0.2, 0.25) is 0 Å². The predicted octanol–water partition coefficient (Wildman–Crippen LogP) is 7.32. The summed E-state index contributed by atoms with van der Waals surface area (Å²) in [5, 5.41) is 18.5. The lowest BCUT2D eigenvalue weighted by molar-refractivity contribution is -0.126. The molecule has 0 unspecified atom stereocenters. The van der Waals surface area contributed by atoms with Gasteiger partial charge in [0, 0.05) is 60.2 Å². The van der Waals surface area contributed by atoms with E-state index in [9.17, 15) is 23.2 Å². The Labute approximate surface area is 286 Å². The first kappa shape index (κ1) is 33.1. The summed E-state index contributed by atoms with van der Waals surface area (Å²) in [7, 11) is 0. The first-order chi connectivity index (χ1) is 23.5. The molecule has 2 aliphatic rings. The number of carbonyl (C=O) groups is 1. The molecule has 0 atom stereocenters. The fourth-order valence-electron chi connectivity index (χ4n) is 7.62. The van der Waals surface area contributed by atoms with Gasteiger partial charge < -0.3 is 20.2 Å². The van der Waals surface area contributed by atoms with E-state index < -0.39 is 12.6 Å². The van der Waals surface area contributed by atoms with Gasteiger partial charge in [-0.05, 0) is 85.9 Å². The molecule has 0 spiro atoms. The van der Waals surface area contributed by atoms with Crippen LogP contribution in [0, 0.1) is 23.7 Å². The third kappa shape index (κ3) is 6.89. The molecule has 7 rings (SSSR count). The molecule has 1 aliphatic carbocycles. The molecular weight excluding hydrogens is 650 g/mol. The zero-order valence-corrected chi connectivity index (χ0v) is 28.3. The number of benzene rings is 1. The Hall–Kier alpha value is -4.41. The van der Waals surface area contributed by atoms with Crippen molar-refractivity contribution in [1.29, 1.82) is 5.26 Å². The van der Waals surface area contributed by atoms with Crippen LogP contribution in [0.25, 0.3) is 21.1 Å². The summed E-state index contributed by atoms with van der Waals surface area (Å²) in [5.74, 6) is 0.509. The molecule has 4 aromatic heterocycles. The van der Waals surface area contributed by atoms with Crippen molar-refractivity contribution in [3.63, 3.8) is 0 Å². The summed E-state index contributed by atoms with van der Waals surface area (Å²) < 4.78 is 41.1. The highest BCUT2D eigenvalue weighted by molar-refractivity contribution is 7.18. The standard InChI is InChI=1S/C36H39F3N8OS/c1-3-35(15-25(16-35)45-33(48)30-5-4-10-41-30)20-47-26(18-40)13-28-22(2)23(6-7-31(28)47)19-46-11-8-24(9-12-46)44-32-29-14-27(17-36(37,38)39)49-34(29)43-21-42-32/h4-7,10,13-14,21,24-25,41H,3,8-9,11-12,15-17,19-20H2,1-2H3,(H,45,48)(H,42,43,44). The van der Waals surface area contributed by atoms with Crippen molar-refractivity contribution >= 4 is 44.2 Å². The number of likely N-dealkylation sites (tertiary alicyclic amines) is 1. The number of aromatic nitrogens is 4. The van der Waals surface area contributed by atoms with E-state index in [4.69, 9.17) is 0 Å². The Kier molecular flexibility index (Phi) is 8.87. The van der Waals surface area contributed by atoms with Gasteiger partial charge in [0.15, 0.2) is 0 Å². The number of hydrogen-bond donors (Lipinski definition) is 3. The van der Waals surface area contributed by atoms with Crippen LogP contribution in [0.5, 0.6) is 0 Å². The highest BCUT2D eigenvalue weighted by atomic mass is 32.1. The second-order valence-electron chi connectivity index (χ2n) is 13.7. The molecule has 1 aromatic carbocycles. The molecular formula is C36H39F3N8OS. The molecule has 1 saturated heterocycles. The number of alkyl halides is 3. The molecule has 1 saturated carbocycles. The molecule has 5 aromatic rings. The summed E-state index contributed by atoms with van der Waals surface area (Å²) in [6.07, 6.45) is 2.40. The lowest BCUT2D eigenvalue weighted by Gasteiger charge is -2.48. The van der Waals surface area contributed by atoms with E-state index in [-0.39, 0.29) is 28.3 Å². The zero-order chi connectivity index (χ0) is 34.3. The maximum Gasteiger partial charge on any atom is 0.393 e. The fraction of sp³-hybridized carbons (Fsp3) is 0.444. The van der Waals surface area contributed by atoms with Crippen LogP contribution < -0.4 is 10.6 Å². The van der Waals surface area contributed by atoms with Crippen molar-refractivity contribution in [2.24, 2.45) is 5.41 Å². The van der Waals surface area contributed by atoms with Gasteiger partial charge in [-0.2, -0.15) is 18.4 Å². The molecule has 256 valence electrons. The van der Waals surface area contributed by atoms with E-state index >= 15 is 0 Å². The molecule has 1 amide bonds. The average Bonchev–Trinajstić information content (AvgIpc) is 3.81. The zero-order valence-electron chi connectivity index (χ0n) is 27.5. The van der Waals surface area contributed by atoms with E-state index in [1.807, 2.05) is 12.1 Å². The van der Waals surface area contributed by atoms with Gasteiger partial charge in [0.1, 0.15) is 34.4 Å². The maximum atomic E-state index is 13.0. The van der Waals surface area contributed by atoms with E-state index in [1.165, 1.54) is 17.5 Å². The van der Waals surface area contributed by atoms with Crippen molar-refractivity contribution in [2.45, 2.75) is 83.7 Å². The molecule has 5 heterocycles. The third-order valence-corrected chi connectivity index (χ3v) is 11.5. The Bertz CT molecular complexity index is 2010. The van der Waals surface area contributed by atoms with Gasteiger partial charge in [0.25, 0.3) is 5.91 Å². The second-order valence-corrected chi connectivity index (χ2v) is 14.8. The highest BCUT2D eigenvalue weighted by Gasteiger charge is 2.44. The van der Waals surface area contributed by atoms with Gasteiger partial charge >= 0.3 is 6.18 Å². The fourth-order valence-corrected chi connectivity index (χ4v) is 8.64. The number of nitrogens with one attached hydrogen (secondary N) is 3. The number of amides is 1. The van der Waals surface area contributed by atoms with E-state index in [0.29, 0.717) is 27.4 Å². The minimum atomic E-state index is -4.26. The van der Waals surface area contributed by atoms with E-state index in [0.717, 1.165) is 80.5 Å². The molecule has 3 N–H and O–H groups in total. The van der Waals surface area contributed by atoms with Crippen LogP contribution in [0.2, 0.25) is 0 Å². The summed E-state index contributed by atoms with van der Waals surface area (Å²) in [6.45, 7) is 7.60. The van der Waals surface area contributed by atoms with Crippen molar-refractivity contribution in [3.8, 4) is 6.07 Å². The molecule has 2 fully saturated rings. The monoisotopic (exact) mass is 688 g/mol. The van der Waals surface area contributed by atoms with Crippen molar-refractivity contribution < 1.29 is 18.0 Å². The molecule has 13 heteroatoms. The number of H-pyrrole nitrogens is 1. The Morgan fingerprint density at radius 2 is 1.94 bits per heavy atom. The summed E-state index contributed by atoms with van der Waals surface area (Å²) in [6, 6.07) is 14.2. The normalized spacial score (nSPS) is 20.4. The van der Waals surface area contributed by atoms with Crippen molar-refractivity contribution in [1.82, 2.24) is 29.7 Å². The number of aromatic amines is 1. The summed E-state index contributed by atoms with van der Waals surface area (Å²) >= 11 is 1.06. The van der Waals surface area contributed by atoms with E-state index in [1.54, 1.807) is 18.3 Å². The lowest BCUT2D eigenvalue weighted by atomic mass is 9.63. The first-order valence-corrected chi connectivity index (χ1v) is 17.6. The van der Waals surface area contributed by atoms with Crippen LogP contribution in [-0.2, 0) is 19.5 Å². The van der Waals surface area contributed by atoms with Crippen LogP contribution in [0.1, 0.15) is 71.2 Å². The number of carbonyl (C=O) groups excluding carboxylic acids is 1. The number of rotatable bonds is 10. The maximum absolute atomic E-state index is 13.0. The number of anilines is 1.